The zero-order valence-corrected chi connectivity index (χ0v) is 17.9. The second-order valence-corrected chi connectivity index (χ2v) is 8.70. The predicted octanol–water partition coefficient (Wildman–Crippen LogP) is 1.84. The molecule has 2 aromatic heterocycles. The molecule has 0 aromatic carbocycles. The molecule has 2 N–H and O–H groups in total. The summed E-state index contributed by atoms with van der Waals surface area (Å²) >= 11 is 0. The fourth-order valence-electron chi connectivity index (χ4n) is 5.05. The number of aromatic hydroxyl groups is 1. The summed E-state index contributed by atoms with van der Waals surface area (Å²) in [5.41, 5.74) is 0.828. The number of nitrogens with one attached hydrogen (secondary N) is 1. The lowest BCUT2D eigenvalue weighted by Crippen LogP contribution is -2.52. The van der Waals surface area contributed by atoms with Crippen molar-refractivity contribution < 1.29 is 14.6 Å². The van der Waals surface area contributed by atoms with Crippen molar-refractivity contribution >= 4 is 17.8 Å². The smallest absolute Gasteiger partial charge is 0.275 e. The van der Waals surface area contributed by atoms with Crippen molar-refractivity contribution in [1.82, 2.24) is 20.1 Å². The van der Waals surface area contributed by atoms with Crippen molar-refractivity contribution in [3.63, 3.8) is 0 Å². The Labute approximate surface area is 185 Å². The number of carbonyl (C=O) groups is 1. The van der Waals surface area contributed by atoms with Gasteiger partial charge < -0.3 is 20.1 Å². The zero-order chi connectivity index (χ0) is 22.1. The van der Waals surface area contributed by atoms with Crippen LogP contribution in [0.5, 0.6) is 5.75 Å². The number of ether oxygens (including phenoxy) is 1. The highest BCUT2D eigenvalue weighted by Gasteiger charge is 2.42. The van der Waals surface area contributed by atoms with Gasteiger partial charge >= 0.3 is 0 Å². The van der Waals surface area contributed by atoms with Crippen molar-refractivity contribution in [2.75, 3.05) is 24.6 Å². The van der Waals surface area contributed by atoms with Crippen molar-refractivity contribution in [3.05, 3.63) is 51.6 Å². The first-order valence-electron chi connectivity index (χ1n) is 11.2. The van der Waals surface area contributed by atoms with E-state index >= 15 is 0 Å². The summed E-state index contributed by atoms with van der Waals surface area (Å²) in [7, 11) is 0. The third-order valence-electron chi connectivity index (χ3n) is 6.62. The molecule has 1 fully saturated rings. The van der Waals surface area contributed by atoms with E-state index in [9.17, 15) is 14.7 Å². The number of carbonyl (C=O) groups excluding carboxylic acids is 1. The number of nitrogens with zero attached hydrogens (tertiary/aromatic N) is 4. The van der Waals surface area contributed by atoms with Crippen LogP contribution in [0.25, 0.3) is 6.08 Å². The minimum absolute atomic E-state index is 0.286. The second-order valence-electron chi connectivity index (χ2n) is 8.70. The van der Waals surface area contributed by atoms with Gasteiger partial charge in [0.15, 0.2) is 11.4 Å². The monoisotopic (exact) mass is 437 g/mol. The van der Waals surface area contributed by atoms with E-state index in [0.717, 1.165) is 42.6 Å². The maximum absolute atomic E-state index is 12.6. The molecule has 0 unspecified atom stereocenters. The molecule has 168 valence electrons. The van der Waals surface area contributed by atoms with Crippen molar-refractivity contribution in [2.24, 2.45) is 0 Å². The Balaban J connectivity index is 1.62. The molecule has 5 rings (SSSR count). The van der Waals surface area contributed by atoms with Crippen LogP contribution in [0.3, 0.4) is 0 Å². The molecule has 1 spiro atoms. The summed E-state index contributed by atoms with van der Waals surface area (Å²) < 4.78 is 7.41. The first-order valence-corrected chi connectivity index (χ1v) is 11.2. The number of rotatable bonds is 0. The molecule has 1 saturated carbocycles. The number of pyridine rings is 1. The van der Waals surface area contributed by atoms with Gasteiger partial charge in [-0.15, -0.1) is 0 Å². The molecule has 9 nitrogen and oxygen atoms in total. The van der Waals surface area contributed by atoms with Crippen LogP contribution < -0.4 is 15.6 Å². The summed E-state index contributed by atoms with van der Waals surface area (Å²) in [6, 6.07) is 1.99. The highest BCUT2D eigenvalue weighted by atomic mass is 16.5. The van der Waals surface area contributed by atoms with E-state index in [1.807, 2.05) is 12.3 Å². The summed E-state index contributed by atoms with van der Waals surface area (Å²) in [5.74, 6) is -0.129. The lowest BCUT2D eigenvalue weighted by Gasteiger charge is -2.44. The number of aromatic nitrogens is 3. The molecule has 32 heavy (non-hydrogen) atoms. The molecule has 9 heteroatoms. The number of fused-ring (bicyclic) bond motifs is 3. The largest absolute Gasteiger partial charge is 0.503 e. The maximum Gasteiger partial charge on any atom is 0.275 e. The Morgan fingerprint density at radius 2 is 2.03 bits per heavy atom. The number of hydrogen-bond acceptors (Lipinski definition) is 7. The number of hydrogen-bond donors (Lipinski definition) is 2. The first-order chi connectivity index (χ1) is 15.6. The Hall–Kier alpha value is -3.20. The van der Waals surface area contributed by atoms with Gasteiger partial charge in [0.1, 0.15) is 5.82 Å². The van der Waals surface area contributed by atoms with Crippen molar-refractivity contribution in [2.45, 2.75) is 50.8 Å². The van der Waals surface area contributed by atoms with E-state index in [-0.39, 0.29) is 11.2 Å². The fraction of sp³-hybridized carbons (Fsp3) is 0.478. The topological polar surface area (TPSA) is 110 Å². The summed E-state index contributed by atoms with van der Waals surface area (Å²) in [6.45, 7) is 2.44. The van der Waals surface area contributed by atoms with Gasteiger partial charge in [-0.3, -0.25) is 14.3 Å². The average molecular weight is 438 g/mol. The van der Waals surface area contributed by atoms with Gasteiger partial charge in [-0.1, -0.05) is 25.0 Å². The summed E-state index contributed by atoms with van der Waals surface area (Å²) in [4.78, 5) is 32.1. The molecule has 2 aromatic rings. The van der Waals surface area contributed by atoms with Gasteiger partial charge in [0.05, 0.1) is 24.9 Å². The Kier molecular flexibility index (Phi) is 5.42. The van der Waals surface area contributed by atoms with E-state index < -0.39 is 17.1 Å². The number of anilines is 1. The number of amides is 1. The molecule has 0 atom stereocenters. The van der Waals surface area contributed by atoms with Crippen LogP contribution in [0.1, 0.15) is 53.7 Å². The van der Waals surface area contributed by atoms with E-state index in [0.29, 0.717) is 39.3 Å². The minimum Gasteiger partial charge on any atom is -0.503 e. The van der Waals surface area contributed by atoms with Crippen LogP contribution >= 0.6 is 0 Å². The van der Waals surface area contributed by atoms with Gasteiger partial charge in [0.25, 0.3) is 11.3 Å². The maximum atomic E-state index is 12.6. The van der Waals surface area contributed by atoms with E-state index in [2.05, 4.69) is 27.5 Å². The van der Waals surface area contributed by atoms with Crippen LogP contribution in [0.2, 0.25) is 0 Å². The highest BCUT2D eigenvalue weighted by Crippen LogP contribution is 2.42. The van der Waals surface area contributed by atoms with E-state index in [4.69, 9.17) is 9.72 Å². The molecule has 1 amide bonds. The quantitative estimate of drug-likeness (QED) is 0.647. The SMILES string of the molecule is O=C1NCCCOCc2ccnc3c2C=CCN3C2(CCCC2)Cn2cc(O)c(=O)c1n2. The molecular weight excluding hydrogens is 410 g/mol. The van der Waals surface area contributed by atoms with Gasteiger partial charge in [0.2, 0.25) is 0 Å². The molecule has 0 saturated heterocycles. The Morgan fingerprint density at radius 1 is 1.19 bits per heavy atom. The molecule has 6 bridgehead atoms. The highest BCUT2D eigenvalue weighted by molar-refractivity contribution is 5.92. The standard InChI is InChI=1S/C23H27N5O4/c29-18-13-27-15-23(7-1-2-8-23)28-11-3-5-17-16(6-10-24-21(17)28)14-32-12-4-9-25-22(31)19(26-27)20(18)30/h3,5-6,10,13,29H,1-2,4,7-9,11-12,14-15H2,(H,25,31). The molecular formula is C23H27N5O4. The third kappa shape index (κ3) is 3.66. The second kappa shape index (κ2) is 8.38. The normalized spacial score (nSPS) is 20.4. The van der Waals surface area contributed by atoms with E-state index in [1.54, 1.807) is 4.68 Å². The van der Waals surface area contributed by atoms with Crippen LogP contribution in [-0.4, -0.2) is 51.0 Å². The van der Waals surface area contributed by atoms with Crippen molar-refractivity contribution in [3.8, 4) is 5.75 Å². The van der Waals surface area contributed by atoms with Crippen LogP contribution in [-0.2, 0) is 17.9 Å². The molecule has 2 aliphatic heterocycles. The lowest BCUT2D eigenvalue weighted by atomic mass is 9.92. The van der Waals surface area contributed by atoms with Gasteiger partial charge in [0, 0.05) is 31.5 Å². The Bertz CT molecular complexity index is 1120. The van der Waals surface area contributed by atoms with Crippen LogP contribution in [0.15, 0.2) is 29.3 Å². The average Bonchev–Trinajstić information content (AvgIpc) is 3.26. The molecule has 0 radical (unpaired) electrons. The van der Waals surface area contributed by atoms with Gasteiger partial charge in [-0.05, 0) is 30.9 Å². The Morgan fingerprint density at radius 3 is 2.88 bits per heavy atom. The van der Waals surface area contributed by atoms with E-state index in [1.165, 1.54) is 6.20 Å². The third-order valence-corrected chi connectivity index (χ3v) is 6.62. The van der Waals surface area contributed by atoms with Crippen LogP contribution in [0.4, 0.5) is 5.82 Å². The minimum atomic E-state index is -0.755. The van der Waals surface area contributed by atoms with Gasteiger partial charge in [-0.2, -0.15) is 5.10 Å². The van der Waals surface area contributed by atoms with Crippen LogP contribution in [0, 0.1) is 0 Å². The lowest BCUT2D eigenvalue weighted by molar-refractivity contribution is 0.0924. The predicted molar refractivity (Wildman–Crippen MR) is 119 cm³/mol. The fourth-order valence-corrected chi connectivity index (χ4v) is 5.05. The summed E-state index contributed by atoms with van der Waals surface area (Å²) in [6.07, 6.45) is 12.0. The molecule has 4 heterocycles. The molecule has 1 aliphatic carbocycles. The summed E-state index contributed by atoms with van der Waals surface area (Å²) in [5, 5.41) is 17.3. The first kappa shape index (κ1) is 20.7. The zero-order valence-electron chi connectivity index (χ0n) is 17.9. The van der Waals surface area contributed by atoms with Crippen molar-refractivity contribution in [1.29, 1.82) is 0 Å². The molecule has 3 aliphatic rings. The van der Waals surface area contributed by atoms with Gasteiger partial charge in [-0.25, -0.2) is 4.98 Å².